The highest BCUT2D eigenvalue weighted by Gasteiger charge is 2.37. The van der Waals surface area contributed by atoms with Gasteiger partial charge in [-0.1, -0.05) is 5.10 Å². The van der Waals surface area contributed by atoms with Gasteiger partial charge in [-0.25, -0.2) is 14.4 Å². The molecule has 37 heavy (non-hydrogen) atoms. The molecule has 0 spiro atoms. The van der Waals surface area contributed by atoms with E-state index >= 15 is 0 Å². The zero-order valence-electron chi connectivity index (χ0n) is 21.5. The number of aromatic nitrogens is 4. The molecule has 2 fully saturated rings. The molecule has 0 bridgehead atoms. The Morgan fingerprint density at radius 2 is 1.97 bits per heavy atom. The molecular weight excluding hydrogens is 475 g/mol. The third kappa shape index (κ3) is 4.29. The number of aliphatic hydroxyl groups is 1. The second kappa shape index (κ2) is 8.91. The summed E-state index contributed by atoms with van der Waals surface area (Å²) in [5.41, 5.74) is 7.78. The maximum atomic E-state index is 14.5. The van der Waals surface area contributed by atoms with Crippen LogP contribution in [0.2, 0.25) is 0 Å². The van der Waals surface area contributed by atoms with Crippen molar-refractivity contribution in [1.82, 2.24) is 24.5 Å². The minimum Gasteiger partial charge on any atom is -0.494 e. The Kier molecular flexibility index (Phi) is 5.79. The molecule has 6 rings (SSSR count). The number of ether oxygens (including phenoxy) is 1. The molecule has 1 saturated carbocycles. The van der Waals surface area contributed by atoms with Gasteiger partial charge in [0.05, 0.1) is 18.2 Å². The molecule has 2 aliphatic heterocycles. The number of nitrogens with one attached hydrogen (secondary N) is 1. The molecule has 1 unspecified atom stereocenters. The summed E-state index contributed by atoms with van der Waals surface area (Å²) in [6.45, 7) is 4.93. The van der Waals surface area contributed by atoms with Crippen LogP contribution in [-0.4, -0.2) is 67.1 Å². The molecule has 4 heterocycles. The number of rotatable bonds is 4. The molecule has 1 aliphatic carbocycles. The van der Waals surface area contributed by atoms with E-state index in [2.05, 4.69) is 23.0 Å². The number of allylic oxidation sites excluding steroid dienone is 1. The second-order valence-corrected chi connectivity index (χ2v) is 11.0. The van der Waals surface area contributed by atoms with E-state index in [9.17, 15) is 9.50 Å². The summed E-state index contributed by atoms with van der Waals surface area (Å²) in [5.74, 6) is 0.612. The van der Waals surface area contributed by atoms with E-state index in [1.165, 1.54) is 23.8 Å². The monoisotopic (exact) mass is 509 g/mol. The quantitative estimate of drug-likeness (QED) is 0.492. The van der Waals surface area contributed by atoms with Gasteiger partial charge < -0.3 is 20.5 Å². The number of nitrogen functional groups attached to an aromatic ring is 1. The molecule has 4 N–H and O–H groups in total. The molecule has 196 valence electrons. The number of piperidine rings is 1. The van der Waals surface area contributed by atoms with Crippen molar-refractivity contribution in [2.24, 2.45) is 5.10 Å². The van der Waals surface area contributed by atoms with Crippen molar-refractivity contribution in [3.63, 3.8) is 0 Å². The Bertz CT molecular complexity index is 1410. The number of benzene rings is 1. The number of anilines is 1. The topological polar surface area (TPSA) is 119 Å². The number of likely N-dealkylation sites (tertiary alicyclic amines) is 1. The Labute approximate surface area is 214 Å². The van der Waals surface area contributed by atoms with Crippen molar-refractivity contribution in [3.8, 4) is 5.75 Å². The van der Waals surface area contributed by atoms with Crippen LogP contribution in [0, 0.1) is 5.82 Å². The van der Waals surface area contributed by atoms with Gasteiger partial charge in [0, 0.05) is 42.8 Å². The van der Waals surface area contributed by atoms with Gasteiger partial charge in [-0.3, -0.25) is 0 Å². The van der Waals surface area contributed by atoms with Gasteiger partial charge in [-0.15, -0.1) is 5.10 Å². The third-order valence-corrected chi connectivity index (χ3v) is 8.29. The predicted molar refractivity (Wildman–Crippen MR) is 138 cm³/mol. The van der Waals surface area contributed by atoms with Crippen LogP contribution in [0.3, 0.4) is 0 Å². The average Bonchev–Trinajstić information content (AvgIpc) is 3.53. The van der Waals surface area contributed by atoms with Crippen LogP contribution in [0.1, 0.15) is 64.1 Å². The molecule has 2 aromatic heterocycles. The van der Waals surface area contributed by atoms with Crippen molar-refractivity contribution in [3.05, 3.63) is 35.7 Å². The summed E-state index contributed by atoms with van der Waals surface area (Å²) in [7, 11) is 1.42. The highest BCUT2D eigenvalue weighted by Crippen LogP contribution is 2.33. The van der Waals surface area contributed by atoms with Crippen LogP contribution < -0.4 is 15.5 Å². The van der Waals surface area contributed by atoms with E-state index < -0.39 is 11.4 Å². The largest absolute Gasteiger partial charge is 0.494 e. The predicted octanol–water partition coefficient (Wildman–Crippen LogP) is 1.99. The highest BCUT2D eigenvalue weighted by atomic mass is 19.1. The zero-order valence-corrected chi connectivity index (χ0v) is 21.5. The van der Waals surface area contributed by atoms with Crippen LogP contribution in [0.25, 0.3) is 16.6 Å². The zero-order chi connectivity index (χ0) is 25.9. The van der Waals surface area contributed by atoms with Crippen LogP contribution >= 0.6 is 0 Å². The minimum absolute atomic E-state index is 0.0942. The van der Waals surface area contributed by atoms with Gasteiger partial charge in [0.1, 0.15) is 24.2 Å². The molecule has 10 nitrogen and oxygen atoms in total. The van der Waals surface area contributed by atoms with Gasteiger partial charge >= 0.3 is 0 Å². The first-order chi connectivity index (χ1) is 17.7. The Morgan fingerprint density at radius 3 is 2.73 bits per heavy atom. The van der Waals surface area contributed by atoms with Gasteiger partial charge in [0.2, 0.25) is 5.95 Å². The Morgan fingerprint density at radius 1 is 1.19 bits per heavy atom. The standard InChI is InChI=1S/C26H33FN8O2/c1-15-4-5-16(13-33(15)18-12-29-34(14-18)17-6-8-26(2,36)9-7-17)23-31-24-19-10-20(27)22(37-3)11-21(19)30-25(28)35(24)32-23/h10-12,14-17,36H,4-9,13H2,1-3H3,(H2,28,30)/p+1/t15-,16+,17?,26?/m1/s1. The molecular formula is C26H34FN8O2+. The number of quaternary nitrogens is 1. The first-order valence-corrected chi connectivity index (χ1v) is 13.0. The number of hydrogen-bond acceptors (Lipinski definition) is 8. The summed E-state index contributed by atoms with van der Waals surface area (Å²) in [6, 6.07) is 3.68. The SMILES string of the molecule is COc1cc2nc(N)n3nc([C@H]4CC[C@@H](C)N(C5=C[NH+](C6CCC(C)(O)CC6)N=C5)C4)nc3c2cc1F. The fourth-order valence-electron chi connectivity index (χ4n) is 5.94. The van der Waals surface area contributed by atoms with Crippen molar-refractivity contribution in [2.75, 3.05) is 19.4 Å². The summed E-state index contributed by atoms with van der Waals surface area (Å²) < 4.78 is 21.1. The third-order valence-electron chi connectivity index (χ3n) is 8.29. The molecule has 3 aliphatic rings. The van der Waals surface area contributed by atoms with Crippen LogP contribution in [-0.2, 0) is 0 Å². The van der Waals surface area contributed by atoms with E-state index in [1.54, 1.807) is 0 Å². The summed E-state index contributed by atoms with van der Waals surface area (Å²) in [6.07, 6.45) is 9.67. The number of fused-ring (bicyclic) bond motifs is 3. The lowest BCUT2D eigenvalue weighted by Crippen LogP contribution is -3.06. The molecule has 0 amide bonds. The smallest absolute Gasteiger partial charge is 0.223 e. The van der Waals surface area contributed by atoms with Crippen molar-refractivity contribution < 1.29 is 19.2 Å². The van der Waals surface area contributed by atoms with E-state index in [0.29, 0.717) is 34.5 Å². The molecule has 0 radical (unpaired) electrons. The van der Waals surface area contributed by atoms with E-state index in [0.717, 1.165) is 55.8 Å². The van der Waals surface area contributed by atoms with Crippen molar-refractivity contribution >= 4 is 28.7 Å². The fraction of sp³-hybridized carbons (Fsp3) is 0.538. The highest BCUT2D eigenvalue weighted by molar-refractivity contribution is 5.93. The molecule has 3 aromatic rings. The Balaban J connectivity index is 1.26. The lowest BCUT2D eigenvalue weighted by molar-refractivity contribution is -0.881. The summed E-state index contributed by atoms with van der Waals surface area (Å²) in [4.78, 5) is 11.6. The van der Waals surface area contributed by atoms with Crippen LogP contribution in [0.5, 0.6) is 5.75 Å². The number of nitrogens with two attached hydrogens (primary N) is 1. The molecule has 11 heteroatoms. The molecule has 1 aromatic carbocycles. The lowest BCUT2D eigenvalue weighted by atomic mass is 9.83. The number of hydrogen-bond donors (Lipinski definition) is 3. The maximum absolute atomic E-state index is 14.5. The molecule has 3 atom stereocenters. The van der Waals surface area contributed by atoms with E-state index in [1.807, 2.05) is 13.1 Å². The lowest BCUT2D eigenvalue weighted by Gasteiger charge is -2.38. The fourth-order valence-corrected chi connectivity index (χ4v) is 5.94. The maximum Gasteiger partial charge on any atom is 0.223 e. The second-order valence-electron chi connectivity index (χ2n) is 11.0. The van der Waals surface area contributed by atoms with Gasteiger partial charge in [-0.05, 0) is 45.6 Å². The van der Waals surface area contributed by atoms with Crippen molar-refractivity contribution in [2.45, 2.75) is 76.0 Å². The van der Waals surface area contributed by atoms with E-state index in [4.69, 9.17) is 25.7 Å². The first kappa shape index (κ1) is 24.1. The van der Waals surface area contributed by atoms with Gasteiger partial charge in [0.25, 0.3) is 0 Å². The number of nitrogens with zero attached hydrogens (tertiary/aromatic N) is 6. The van der Waals surface area contributed by atoms with Crippen LogP contribution in [0.15, 0.2) is 29.1 Å². The number of methoxy groups -OCH3 is 1. The average molecular weight is 510 g/mol. The normalized spacial score (nSPS) is 30.3. The van der Waals surface area contributed by atoms with Gasteiger partial charge in [0.15, 0.2) is 23.0 Å². The van der Waals surface area contributed by atoms with Crippen LogP contribution in [0.4, 0.5) is 10.3 Å². The Hall–Kier alpha value is -3.31. The number of halogens is 1. The first-order valence-electron chi connectivity index (χ1n) is 13.0. The van der Waals surface area contributed by atoms with Crippen molar-refractivity contribution in [1.29, 1.82) is 0 Å². The molecule has 1 saturated heterocycles. The minimum atomic E-state index is -0.552. The summed E-state index contributed by atoms with van der Waals surface area (Å²) >= 11 is 0. The van der Waals surface area contributed by atoms with E-state index in [-0.39, 0.29) is 17.6 Å². The van der Waals surface area contributed by atoms with Gasteiger partial charge in [-0.2, -0.15) is 9.52 Å². The summed E-state index contributed by atoms with van der Waals surface area (Å²) in [5, 5.41) is 21.4.